The van der Waals surface area contributed by atoms with Gasteiger partial charge in [-0.25, -0.2) is 4.98 Å². The van der Waals surface area contributed by atoms with Crippen LogP contribution in [0.15, 0.2) is 10.9 Å². The SMILES string of the molecule is CC(C)C1CCC(c2nc(C3CC3)cc(=O)[nH]2)CC1. The van der Waals surface area contributed by atoms with E-state index in [1.165, 1.54) is 38.5 Å². The second kappa shape index (κ2) is 5.10. The van der Waals surface area contributed by atoms with Gasteiger partial charge in [0.2, 0.25) is 0 Å². The number of rotatable bonds is 3. The highest BCUT2D eigenvalue weighted by Crippen LogP contribution is 2.40. The molecule has 1 N–H and O–H groups in total. The molecule has 0 atom stereocenters. The number of hydrogen-bond acceptors (Lipinski definition) is 2. The van der Waals surface area contributed by atoms with Crippen LogP contribution in [0, 0.1) is 11.8 Å². The highest BCUT2D eigenvalue weighted by molar-refractivity contribution is 5.15. The van der Waals surface area contributed by atoms with Crippen LogP contribution in [0.2, 0.25) is 0 Å². The predicted octanol–water partition coefficient (Wildman–Crippen LogP) is 3.58. The Hall–Kier alpha value is -1.12. The number of nitrogens with one attached hydrogen (secondary N) is 1. The molecule has 0 radical (unpaired) electrons. The largest absolute Gasteiger partial charge is 0.310 e. The first-order chi connectivity index (χ1) is 9.13. The maximum Gasteiger partial charge on any atom is 0.251 e. The van der Waals surface area contributed by atoms with Crippen molar-refractivity contribution < 1.29 is 0 Å². The van der Waals surface area contributed by atoms with Gasteiger partial charge in [-0.2, -0.15) is 0 Å². The summed E-state index contributed by atoms with van der Waals surface area (Å²) in [7, 11) is 0. The third kappa shape index (κ3) is 2.90. The van der Waals surface area contributed by atoms with Crippen molar-refractivity contribution in [3.63, 3.8) is 0 Å². The van der Waals surface area contributed by atoms with E-state index in [0.717, 1.165) is 23.4 Å². The molecular formula is C16H24N2O. The number of aromatic nitrogens is 2. The molecule has 1 heterocycles. The molecule has 0 amide bonds. The highest BCUT2D eigenvalue weighted by Gasteiger charge is 2.29. The monoisotopic (exact) mass is 260 g/mol. The first-order valence-electron chi connectivity index (χ1n) is 7.74. The van der Waals surface area contributed by atoms with Crippen molar-refractivity contribution in [2.24, 2.45) is 11.8 Å². The smallest absolute Gasteiger partial charge is 0.251 e. The standard InChI is InChI=1S/C16H24N2O/c1-10(2)11-3-7-13(8-4-11)16-17-14(12-5-6-12)9-15(19)18-16/h9-13H,3-8H2,1-2H3,(H,17,18,19). The van der Waals surface area contributed by atoms with Gasteiger partial charge in [-0.3, -0.25) is 4.79 Å². The van der Waals surface area contributed by atoms with Crippen molar-refractivity contribution in [3.8, 4) is 0 Å². The van der Waals surface area contributed by atoms with Gasteiger partial charge in [0.1, 0.15) is 5.82 Å². The molecule has 1 aromatic rings. The fourth-order valence-electron chi connectivity index (χ4n) is 3.34. The zero-order valence-corrected chi connectivity index (χ0v) is 12.0. The van der Waals surface area contributed by atoms with Gasteiger partial charge in [0, 0.05) is 17.9 Å². The molecule has 0 aliphatic heterocycles. The third-order valence-electron chi connectivity index (χ3n) is 4.88. The third-order valence-corrected chi connectivity index (χ3v) is 4.88. The van der Waals surface area contributed by atoms with Crippen LogP contribution in [0.4, 0.5) is 0 Å². The molecule has 3 heteroatoms. The van der Waals surface area contributed by atoms with Gasteiger partial charge in [-0.05, 0) is 50.4 Å². The molecule has 0 saturated heterocycles. The zero-order chi connectivity index (χ0) is 13.4. The van der Waals surface area contributed by atoms with Crippen LogP contribution < -0.4 is 5.56 Å². The summed E-state index contributed by atoms with van der Waals surface area (Å²) in [6, 6.07) is 1.70. The lowest BCUT2D eigenvalue weighted by atomic mass is 9.76. The Morgan fingerprint density at radius 1 is 1.11 bits per heavy atom. The van der Waals surface area contributed by atoms with E-state index in [4.69, 9.17) is 4.98 Å². The van der Waals surface area contributed by atoms with Gasteiger partial charge in [0.25, 0.3) is 5.56 Å². The van der Waals surface area contributed by atoms with Gasteiger partial charge >= 0.3 is 0 Å². The van der Waals surface area contributed by atoms with Crippen LogP contribution in [0.3, 0.4) is 0 Å². The lowest BCUT2D eigenvalue weighted by Crippen LogP contribution is -2.21. The maximum atomic E-state index is 11.8. The Morgan fingerprint density at radius 3 is 2.32 bits per heavy atom. The molecule has 0 unspecified atom stereocenters. The van der Waals surface area contributed by atoms with Crippen LogP contribution in [0.25, 0.3) is 0 Å². The topological polar surface area (TPSA) is 45.8 Å². The normalized spacial score (nSPS) is 27.7. The minimum Gasteiger partial charge on any atom is -0.310 e. The molecule has 104 valence electrons. The summed E-state index contributed by atoms with van der Waals surface area (Å²) < 4.78 is 0. The van der Waals surface area contributed by atoms with Crippen LogP contribution in [-0.2, 0) is 0 Å². The first kappa shape index (κ1) is 12.9. The molecule has 0 aromatic carbocycles. The van der Waals surface area contributed by atoms with Gasteiger partial charge in [-0.1, -0.05) is 13.8 Å². The highest BCUT2D eigenvalue weighted by atomic mass is 16.1. The van der Waals surface area contributed by atoms with E-state index in [0.29, 0.717) is 11.8 Å². The van der Waals surface area contributed by atoms with Crippen molar-refractivity contribution in [1.29, 1.82) is 0 Å². The summed E-state index contributed by atoms with van der Waals surface area (Å²) in [5.41, 5.74) is 1.07. The summed E-state index contributed by atoms with van der Waals surface area (Å²) >= 11 is 0. The molecule has 2 fully saturated rings. The summed E-state index contributed by atoms with van der Waals surface area (Å²) in [4.78, 5) is 19.5. The van der Waals surface area contributed by atoms with E-state index in [1.807, 2.05) is 0 Å². The Labute approximate surface area is 114 Å². The number of nitrogens with zero attached hydrogens (tertiary/aromatic N) is 1. The van der Waals surface area contributed by atoms with Crippen LogP contribution in [-0.4, -0.2) is 9.97 Å². The Morgan fingerprint density at radius 2 is 1.74 bits per heavy atom. The van der Waals surface area contributed by atoms with Crippen molar-refractivity contribution >= 4 is 0 Å². The average molecular weight is 260 g/mol. The van der Waals surface area contributed by atoms with E-state index in [9.17, 15) is 4.79 Å². The molecule has 3 rings (SSSR count). The molecule has 2 aliphatic carbocycles. The first-order valence-corrected chi connectivity index (χ1v) is 7.74. The second-order valence-electron chi connectivity index (χ2n) is 6.69. The number of aromatic amines is 1. The lowest BCUT2D eigenvalue weighted by Gasteiger charge is -2.30. The molecule has 1 aromatic heterocycles. The zero-order valence-electron chi connectivity index (χ0n) is 12.0. The van der Waals surface area contributed by atoms with E-state index >= 15 is 0 Å². The quantitative estimate of drug-likeness (QED) is 0.903. The molecular weight excluding hydrogens is 236 g/mol. The van der Waals surface area contributed by atoms with Gasteiger partial charge < -0.3 is 4.98 Å². The van der Waals surface area contributed by atoms with E-state index in [1.54, 1.807) is 6.07 Å². The number of hydrogen-bond donors (Lipinski definition) is 1. The molecule has 19 heavy (non-hydrogen) atoms. The summed E-state index contributed by atoms with van der Waals surface area (Å²) in [5.74, 6) is 3.63. The van der Waals surface area contributed by atoms with Crippen LogP contribution >= 0.6 is 0 Å². The van der Waals surface area contributed by atoms with Crippen molar-refractivity contribution in [3.05, 3.63) is 27.9 Å². The van der Waals surface area contributed by atoms with E-state index < -0.39 is 0 Å². The minimum absolute atomic E-state index is 0.0397. The maximum absolute atomic E-state index is 11.8. The summed E-state index contributed by atoms with van der Waals surface area (Å²) in [5, 5.41) is 0. The molecule has 2 saturated carbocycles. The minimum atomic E-state index is 0.0397. The van der Waals surface area contributed by atoms with Gasteiger partial charge in [-0.15, -0.1) is 0 Å². The summed E-state index contributed by atoms with van der Waals surface area (Å²) in [6.45, 7) is 4.64. The Balaban J connectivity index is 1.74. The molecule has 0 bridgehead atoms. The van der Waals surface area contributed by atoms with Crippen LogP contribution in [0.5, 0.6) is 0 Å². The summed E-state index contributed by atoms with van der Waals surface area (Å²) in [6.07, 6.45) is 7.32. The van der Waals surface area contributed by atoms with Crippen molar-refractivity contribution in [2.45, 2.75) is 64.2 Å². The lowest BCUT2D eigenvalue weighted by molar-refractivity contribution is 0.254. The Kier molecular flexibility index (Phi) is 3.46. The predicted molar refractivity (Wildman–Crippen MR) is 76.4 cm³/mol. The molecule has 3 nitrogen and oxygen atoms in total. The number of H-pyrrole nitrogens is 1. The van der Waals surface area contributed by atoms with Crippen molar-refractivity contribution in [1.82, 2.24) is 9.97 Å². The van der Waals surface area contributed by atoms with Gasteiger partial charge in [0.15, 0.2) is 0 Å². The Bertz CT molecular complexity index is 494. The molecule has 0 spiro atoms. The van der Waals surface area contributed by atoms with E-state index in [2.05, 4.69) is 18.8 Å². The average Bonchev–Trinajstić information content (AvgIpc) is 3.22. The van der Waals surface area contributed by atoms with E-state index in [-0.39, 0.29) is 5.56 Å². The fourth-order valence-corrected chi connectivity index (χ4v) is 3.34. The molecule has 2 aliphatic rings. The van der Waals surface area contributed by atoms with Crippen LogP contribution in [0.1, 0.15) is 75.7 Å². The van der Waals surface area contributed by atoms with Gasteiger partial charge in [0.05, 0.1) is 5.69 Å². The fraction of sp³-hybridized carbons (Fsp3) is 0.750. The second-order valence-corrected chi connectivity index (χ2v) is 6.69. The van der Waals surface area contributed by atoms with Crippen molar-refractivity contribution in [2.75, 3.05) is 0 Å².